The van der Waals surface area contributed by atoms with Gasteiger partial charge in [-0.15, -0.1) is 0 Å². The number of likely N-dealkylation sites (tertiary alicyclic amines) is 1. The average Bonchev–Trinajstić information content (AvgIpc) is 1.61. The second-order valence-corrected chi connectivity index (χ2v) is 29.5. The lowest BCUT2D eigenvalue weighted by Crippen LogP contribution is -2.64. The number of phenols is 1. The van der Waals surface area contributed by atoms with Crippen LogP contribution in [0, 0.1) is 11.8 Å². The van der Waals surface area contributed by atoms with Gasteiger partial charge < -0.3 is 131 Å². The van der Waals surface area contributed by atoms with Crippen molar-refractivity contribution in [2.45, 2.75) is 235 Å². The first-order valence-electron chi connectivity index (χ1n) is 39.4. The van der Waals surface area contributed by atoms with Crippen LogP contribution < -0.4 is 121 Å². The van der Waals surface area contributed by atoms with Crippen LogP contribution in [-0.4, -0.2) is 235 Å². The number of guanidine groups is 3. The SMILES string of the molecule is CC[C@H](C)[C@H](NC(=O)[C@H](CCCN=C(N)N)NC(=O)[C@H](CCCN=C(N)N)NC(=O)[C@H]1NC(=O)[C@H](Cc2ccccc2)NC(=O)CNC(=O)[C@@H](NC(=O)[C@@H](N)Cc2ccc(O)cc2)CC(=O)NC1C)C(=O)N[C@@H](CCCN=C(N)N)C(=O)N1CCC[C@H]1C(=O)N[C@@H](CCCCN)C(=O)N[C@@H](CC(C)C)C(=O)N[C@@H](CCCCN)C(N)=O. The van der Waals surface area contributed by atoms with Gasteiger partial charge in [0.1, 0.15) is 72.2 Å². The van der Waals surface area contributed by atoms with E-state index in [0.29, 0.717) is 49.8 Å². The third-order valence-electron chi connectivity index (χ3n) is 19.5. The second kappa shape index (κ2) is 50.7. The topological polar surface area (TPSA) is 704 Å². The largest absolute Gasteiger partial charge is 0.508 e. The number of unbranched alkanes of at least 4 members (excludes halogenated alkanes) is 2. The molecule has 2 heterocycles. The first-order chi connectivity index (χ1) is 55.0. The first-order valence-corrected chi connectivity index (χ1v) is 39.4. The lowest BCUT2D eigenvalue weighted by Gasteiger charge is -2.32. The van der Waals surface area contributed by atoms with Crippen LogP contribution in [0.3, 0.4) is 0 Å². The molecule has 644 valence electrons. The van der Waals surface area contributed by atoms with Crippen LogP contribution in [0.4, 0.5) is 0 Å². The normalized spacial score (nSPS) is 18.8. The maximum Gasteiger partial charge on any atom is 0.245 e. The van der Waals surface area contributed by atoms with Crippen molar-refractivity contribution >= 4 is 101 Å². The number of phenolic OH excluding ortho intramolecular Hbond substituents is 1. The van der Waals surface area contributed by atoms with E-state index >= 15 is 24.0 Å². The van der Waals surface area contributed by atoms with Crippen LogP contribution >= 0.6 is 0 Å². The number of hydrogen-bond acceptors (Lipinski definition) is 21. The van der Waals surface area contributed by atoms with Crippen LogP contribution in [0.2, 0.25) is 0 Å². The Morgan fingerprint density at radius 2 is 1.05 bits per heavy atom. The number of nitrogens with zero attached hydrogens (tertiary/aromatic N) is 4. The molecule has 33 N–H and O–H groups in total. The molecule has 2 fully saturated rings. The molecule has 14 amide bonds. The van der Waals surface area contributed by atoms with Gasteiger partial charge in [-0.05, 0) is 158 Å². The van der Waals surface area contributed by atoms with E-state index in [1.807, 2.05) is 13.8 Å². The van der Waals surface area contributed by atoms with E-state index in [9.17, 15) is 48.3 Å². The highest BCUT2D eigenvalue weighted by molar-refractivity contribution is 6.01. The van der Waals surface area contributed by atoms with Gasteiger partial charge in [0, 0.05) is 32.6 Å². The fraction of sp³-hybridized carbons (Fsp3) is 0.613. The van der Waals surface area contributed by atoms with Crippen LogP contribution in [0.15, 0.2) is 69.6 Å². The summed E-state index contributed by atoms with van der Waals surface area (Å²) >= 11 is 0. The minimum atomic E-state index is -1.82. The molecule has 2 saturated heterocycles. The summed E-state index contributed by atoms with van der Waals surface area (Å²) in [5.41, 5.74) is 58.5. The van der Waals surface area contributed by atoms with Gasteiger partial charge in [0.25, 0.3) is 0 Å². The van der Waals surface area contributed by atoms with E-state index in [4.69, 9.17) is 57.3 Å². The first kappa shape index (κ1) is 96.9. The Kier molecular flexibility index (Phi) is 42.3. The summed E-state index contributed by atoms with van der Waals surface area (Å²) in [4.78, 5) is 214. The van der Waals surface area contributed by atoms with Crippen LogP contribution in [0.5, 0.6) is 5.75 Å². The monoisotopic (exact) mass is 1630 g/mol. The summed E-state index contributed by atoms with van der Waals surface area (Å²) in [6.45, 7) is 8.06. The summed E-state index contributed by atoms with van der Waals surface area (Å²) < 4.78 is 0. The summed E-state index contributed by atoms with van der Waals surface area (Å²) in [6, 6.07) is -4.15. The number of nitrogens with one attached hydrogen (secondary N) is 12. The Bertz CT molecular complexity index is 3690. The molecule has 0 aliphatic carbocycles. The molecule has 116 heavy (non-hydrogen) atoms. The van der Waals surface area contributed by atoms with Crippen LogP contribution in [-0.2, 0) is 80.0 Å². The number of carbonyl (C=O) groups is 14. The van der Waals surface area contributed by atoms with Gasteiger partial charge in [0.15, 0.2) is 17.9 Å². The van der Waals surface area contributed by atoms with Gasteiger partial charge >= 0.3 is 0 Å². The van der Waals surface area contributed by atoms with Crippen molar-refractivity contribution in [1.29, 1.82) is 0 Å². The molecule has 0 radical (unpaired) electrons. The molecule has 4 rings (SSSR count). The molecule has 1 unspecified atom stereocenters. The summed E-state index contributed by atoms with van der Waals surface area (Å²) in [5, 5.41) is 41.6. The molecule has 0 bridgehead atoms. The predicted octanol–water partition coefficient (Wildman–Crippen LogP) is -6.64. The van der Waals surface area contributed by atoms with E-state index in [1.54, 1.807) is 44.2 Å². The van der Waals surface area contributed by atoms with E-state index in [1.165, 1.54) is 36.1 Å². The number of carbonyl (C=O) groups excluding carboxylic acids is 14. The zero-order valence-corrected chi connectivity index (χ0v) is 67.0. The number of amides is 14. The van der Waals surface area contributed by atoms with Crippen LogP contribution in [0.25, 0.3) is 0 Å². The highest BCUT2D eigenvalue weighted by Crippen LogP contribution is 2.23. The maximum absolute atomic E-state index is 15.1. The second-order valence-electron chi connectivity index (χ2n) is 29.5. The summed E-state index contributed by atoms with van der Waals surface area (Å²) in [6.07, 6.45) is 1.47. The predicted molar refractivity (Wildman–Crippen MR) is 433 cm³/mol. The average molecular weight is 1630 g/mol. The van der Waals surface area contributed by atoms with Crippen molar-refractivity contribution in [3.05, 3.63) is 65.7 Å². The molecule has 41 heteroatoms. The molecular formula is C75H124N26O15. The smallest absolute Gasteiger partial charge is 0.245 e. The molecule has 0 spiro atoms. The number of hydrogen-bond donors (Lipinski definition) is 23. The molecule has 41 nitrogen and oxygen atoms in total. The fourth-order valence-electron chi connectivity index (χ4n) is 12.9. The van der Waals surface area contributed by atoms with Crippen molar-refractivity contribution in [1.82, 2.24) is 68.7 Å². The van der Waals surface area contributed by atoms with Gasteiger partial charge in [-0.2, -0.15) is 0 Å². The lowest BCUT2D eigenvalue weighted by atomic mass is 9.96. The van der Waals surface area contributed by atoms with Gasteiger partial charge in [-0.1, -0.05) is 76.6 Å². The molecule has 2 aliphatic rings. The molecule has 2 aromatic carbocycles. The zero-order chi connectivity index (χ0) is 86.1. The maximum atomic E-state index is 15.1. The Morgan fingerprint density at radius 3 is 1.59 bits per heavy atom. The van der Waals surface area contributed by atoms with E-state index < -0.39 is 180 Å². The number of rotatable bonds is 46. The van der Waals surface area contributed by atoms with Crippen molar-refractivity contribution < 1.29 is 72.2 Å². The van der Waals surface area contributed by atoms with E-state index in [-0.39, 0.29) is 146 Å². The fourth-order valence-corrected chi connectivity index (χ4v) is 12.9. The number of primary amides is 1. The third-order valence-corrected chi connectivity index (χ3v) is 19.5. The lowest BCUT2D eigenvalue weighted by molar-refractivity contribution is -0.143. The van der Waals surface area contributed by atoms with Crippen molar-refractivity contribution in [3.63, 3.8) is 0 Å². The molecule has 14 atom stereocenters. The Balaban J connectivity index is 1.71. The molecule has 2 aromatic rings. The molecule has 0 saturated carbocycles. The third kappa shape index (κ3) is 34.7. The summed E-state index contributed by atoms with van der Waals surface area (Å²) in [5.74, 6) is -14.0. The molecule has 0 aromatic heterocycles. The van der Waals surface area contributed by atoms with Gasteiger partial charge in [0.2, 0.25) is 82.7 Å². The van der Waals surface area contributed by atoms with E-state index in [2.05, 4.69) is 78.8 Å². The number of benzene rings is 2. The quantitative estimate of drug-likeness (QED) is 0.0166. The number of aromatic hydroxyl groups is 1. The highest BCUT2D eigenvalue weighted by atomic mass is 16.3. The molecular weight excluding hydrogens is 1500 g/mol. The van der Waals surface area contributed by atoms with Gasteiger partial charge in [-0.3, -0.25) is 82.1 Å². The minimum absolute atomic E-state index is 0.00719. The number of aliphatic imine (C=N–C) groups is 3. The van der Waals surface area contributed by atoms with Gasteiger partial charge in [0.05, 0.1) is 25.0 Å². The van der Waals surface area contributed by atoms with Crippen molar-refractivity contribution in [2.24, 2.45) is 84.1 Å². The minimum Gasteiger partial charge on any atom is -0.508 e. The highest BCUT2D eigenvalue weighted by Gasteiger charge is 2.42. The zero-order valence-electron chi connectivity index (χ0n) is 67.0. The van der Waals surface area contributed by atoms with Crippen molar-refractivity contribution in [2.75, 3.05) is 45.8 Å². The van der Waals surface area contributed by atoms with E-state index in [0.717, 1.165) is 0 Å². The Labute approximate surface area is 675 Å². The number of nitrogens with two attached hydrogens (primary N) is 10. The van der Waals surface area contributed by atoms with Gasteiger partial charge in [-0.25, -0.2) is 0 Å². The standard InChI is InChI=1S/C75H124N26O15/c1-6-42(4)59(70(114)96-52(24-16-34-88-75(84)85)72(116)101-35-17-25-56(101)69(113)94-49(21-11-13-31-77)65(109)98-53(36-41(2)3)67(111)92-48(61(79)105)20-10-12-30-76)99-66(110)51(23-15-33-87-74(82)83)93-64(108)50(22-14-32-86-73(80)81)95-71(115)60-43(5)90-57(103)39-55(97-62(106)47(78)37-45-26-28-46(102)29-27-45)63(107)89-40-58(104)91-54(68(112)100-60)38-44-18-8-7-9-19-44/h7-9,18-19,26-29,41-43,47-56,59-60,102H,6,10-17,20-25,30-40,76-78H2,1-5H3,(H2,79,105)(H,89,107)(H,90,103)(H,91,104)(H,92,111)(H,93,108)(H,94,113)(H,95,115)(H,96,114)(H,97,106)(H,98,109)(H,99,110)(H,100,112)(H4,80,81,86)(H4,82,83,87)(H4,84,85,88)/t42-,43?,47-,48-,49-,50-,51-,52-,53-,54-,55-,56-,59-,60-/m0/s1. The van der Waals surface area contributed by atoms with Crippen LogP contribution in [0.1, 0.15) is 155 Å². The van der Waals surface area contributed by atoms with Crippen molar-refractivity contribution in [3.8, 4) is 5.75 Å². The summed E-state index contributed by atoms with van der Waals surface area (Å²) in [7, 11) is 0. The Hall–Kier alpha value is -11.5. The Morgan fingerprint density at radius 1 is 0.552 bits per heavy atom. The molecule has 2 aliphatic heterocycles.